The number of nitrogens with zero attached hydrogens (tertiary/aromatic N) is 1. The van der Waals surface area contributed by atoms with E-state index in [1.807, 2.05) is 24.3 Å². The molecule has 1 aromatic carbocycles. The third-order valence-corrected chi connectivity index (χ3v) is 2.15. The van der Waals surface area contributed by atoms with E-state index in [-0.39, 0.29) is 0 Å². The number of hydrogen-bond acceptors (Lipinski definition) is 4. The van der Waals surface area contributed by atoms with E-state index in [1.54, 1.807) is 20.1 Å². The molecule has 0 saturated carbocycles. The third kappa shape index (κ3) is 2.11. The lowest BCUT2D eigenvalue weighted by Crippen LogP contribution is -1.99. The van der Waals surface area contributed by atoms with E-state index in [0.717, 1.165) is 11.3 Å². The van der Waals surface area contributed by atoms with E-state index in [4.69, 9.17) is 9.47 Å². The molecule has 0 N–H and O–H groups in total. The Morgan fingerprint density at radius 2 is 2.00 bits per heavy atom. The number of benzene rings is 1. The van der Waals surface area contributed by atoms with Crippen LogP contribution in [0, 0.1) is 0 Å². The molecule has 82 valence electrons. The van der Waals surface area contributed by atoms with Gasteiger partial charge in [0.15, 0.2) is 11.6 Å². The first kappa shape index (κ1) is 10.4. The van der Waals surface area contributed by atoms with Crippen molar-refractivity contribution in [1.82, 2.24) is 0 Å². The van der Waals surface area contributed by atoms with Crippen LogP contribution in [0.5, 0.6) is 5.75 Å². The van der Waals surface area contributed by atoms with E-state index < -0.39 is 5.97 Å². The van der Waals surface area contributed by atoms with Crippen LogP contribution in [-0.2, 0) is 9.53 Å². The molecule has 0 radical (unpaired) electrons. The normalized spacial score (nSPS) is 17.2. The molecular weight excluding hydrogens is 206 g/mol. The van der Waals surface area contributed by atoms with Gasteiger partial charge in [0.2, 0.25) is 0 Å². The van der Waals surface area contributed by atoms with Crippen molar-refractivity contribution in [2.75, 3.05) is 7.11 Å². The molecule has 0 aromatic heterocycles. The van der Waals surface area contributed by atoms with Crippen molar-refractivity contribution in [3.05, 3.63) is 35.5 Å². The van der Waals surface area contributed by atoms with Gasteiger partial charge in [-0.05, 0) is 23.8 Å². The highest BCUT2D eigenvalue weighted by molar-refractivity contribution is 6.06. The van der Waals surface area contributed by atoms with Crippen molar-refractivity contribution >= 4 is 17.9 Å². The standard InChI is InChI=1S/C12H11NO3/c1-8-13-11(12(14)16-8)7-9-3-5-10(15-2)6-4-9/h3-7H,1-2H3/b11-7-. The van der Waals surface area contributed by atoms with Gasteiger partial charge in [-0.15, -0.1) is 0 Å². The Labute approximate surface area is 93.2 Å². The first-order valence-corrected chi connectivity index (χ1v) is 4.82. The number of aliphatic imine (C=N–C) groups is 1. The van der Waals surface area contributed by atoms with Crippen molar-refractivity contribution in [1.29, 1.82) is 0 Å². The van der Waals surface area contributed by atoms with Gasteiger partial charge >= 0.3 is 5.97 Å². The third-order valence-electron chi connectivity index (χ3n) is 2.15. The number of carbonyl (C=O) groups is 1. The molecule has 1 aliphatic heterocycles. The molecule has 1 heterocycles. The maximum Gasteiger partial charge on any atom is 0.363 e. The highest BCUT2D eigenvalue weighted by atomic mass is 16.6. The predicted molar refractivity (Wildman–Crippen MR) is 60.2 cm³/mol. The number of carbonyl (C=O) groups excluding carboxylic acids is 1. The van der Waals surface area contributed by atoms with Crippen molar-refractivity contribution in [3.8, 4) is 5.75 Å². The zero-order valence-electron chi connectivity index (χ0n) is 9.06. The Bertz CT molecular complexity index is 472. The SMILES string of the molecule is COc1ccc(/C=C2\N=C(C)OC2=O)cc1. The number of esters is 1. The zero-order chi connectivity index (χ0) is 11.5. The number of rotatable bonds is 2. The first-order valence-electron chi connectivity index (χ1n) is 4.82. The summed E-state index contributed by atoms with van der Waals surface area (Å²) in [5.74, 6) is 0.744. The summed E-state index contributed by atoms with van der Waals surface area (Å²) in [6, 6.07) is 7.34. The predicted octanol–water partition coefficient (Wildman–Crippen LogP) is 2.01. The smallest absolute Gasteiger partial charge is 0.363 e. The second kappa shape index (κ2) is 4.18. The van der Waals surface area contributed by atoms with E-state index >= 15 is 0 Å². The second-order valence-corrected chi connectivity index (χ2v) is 3.32. The minimum atomic E-state index is -0.409. The van der Waals surface area contributed by atoms with Gasteiger partial charge in [-0.3, -0.25) is 0 Å². The topological polar surface area (TPSA) is 47.9 Å². The van der Waals surface area contributed by atoms with Gasteiger partial charge in [0.25, 0.3) is 0 Å². The quantitative estimate of drug-likeness (QED) is 0.562. The molecule has 1 aliphatic rings. The molecule has 4 nitrogen and oxygen atoms in total. The van der Waals surface area contributed by atoms with E-state index in [2.05, 4.69) is 4.99 Å². The molecule has 0 atom stereocenters. The molecule has 0 amide bonds. The van der Waals surface area contributed by atoms with Crippen LogP contribution in [0.25, 0.3) is 6.08 Å². The fraction of sp³-hybridized carbons (Fsp3) is 0.167. The fourth-order valence-electron chi connectivity index (χ4n) is 1.37. The number of cyclic esters (lactones) is 1. The lowest BCUT2D eigenvalue weighted by atomic mass is 10.2. The molecule has 0 spiro atoms. The van der Waals surface area contributed by atoms with Crippen molar-refractivity contribution < 1.29 is 14.3 Å². The Hall–Kier alpha value is -2.10. The molecular formula is C12H11NO3. The monoisotopic (exact) mass is 217 g/mol. The van der Waals surface area contributed by atoms with Crippen LogP contribution in [0.15, 0.2) is 35.0 Å². The average Bonchev–Trinajstić information content (AvgIpc) is 2.59. The molecule has 16 heavy (non-hydrogen) atoms. The molecule has 2 rings (SSSR count). The largest absolute Gasteiger partial charge is 0.497 e. The minimum Gasteiger partial charge on any atom is -0.497 e. The number of hydrogen-bond donors (Lipinski definition) is 0. The fourth-order valence-corrected chi connectivity index (χ4v) is 1.37. The van der Waals surface area contributed by atoms with Gasteiger partial charge in [-0.25, -0.2) is 9.79 Å². The van der Waals surface area contributed by atoms with Crippen LogP contribution in [0.1, 0.15) is 12.5 Å². The first-order chi connectivity index (χ1) is 7.69. The molecule has 0 aliphatic carbocycles. The van der Waals surface area contributed by atoms with Crippen LogP contribution >= 0.6 is 0 Å². The van der Waals surface area contributed by atoms with Crippen LogP contribution in [-0.4, -0.2) is 19.0 Å². The van der Waals surface area contributed by atoms with Crippen LogP contribution in [0.2, 0.25) is 0 Å². The van der Waals surface area contributed by atoms with E-state index in [9.17, 15) is 4.79 Å². The van der Waals surface area contributed by atoms with E-state index in [1.165, 1.54) is 0 Å². The van der Waals surface area contributed by atoms with E-state index in [0.29, 0.717) is 11.6 Å². The van der Waals surface area contributed by atoms with Gasteiger partial charge in [0, 0.05) is 6.92 Å². The Kier molecular flexibility index (Phi) is 2.72. The summed E-state index contributed by atoms with van der Waals surface area (Å²) in [5.41, 5.74) is 1.20. The van der Waals surface area contributed by atoms with Crippen molar-refractivity contribution in [2.24, 2.45) is 4.99 Å². The lowest BCUT2D eigenvalue weighted by molar-refractivity contribution is -0.130. The highest BCUT2D eigenvalue weighted by Gasteiger charge is 2.19. The maximum absolute atomic E-state index is 11.3. The molecule has 0 fully saturated rings. The zero-order valence-corrected chi connectivity index (χ0v) is 9.06. The Morgan fingerprint density at radius 3 is 2.50 bits per heavy atom. The summed E-state index contributed by atoms with van der Waals surface area (Å²) >= 11 is 0. The van der Waals surface area contributed by atoms with Gasteiger partial charge in [0.05, 0.1) is 7.11 Å². The van der Waals surface area contributed by atoms with Crippen LogP contribution in [0.3, 0.4) is 0 Å². The summed E-state index contributed by atoms with van der Waals surface area (Å²) < 4.78 is 9.85. The van der Waals surface area contributed by atoms with Crippen LogP contribution in [0.4, 0.5) is 0 Å². The lowest BCUT2D eigenvalue weighted by Gasteiger charge is -1.99. The van der Waals surface area contributed by atoms with Crippen LogP contribution < -0.4 is 4.74 Å². The summed E-state index contributed by atoms with van der Waals surface area (Å²) in [7, 11) is 1.61. The van der Waals surface area contributed by atoms with Crippen molar-refractivity contribution in [2.45, 2.75) is 6.92 Å². The van der Waals surface area contributed by atoms with Gasteiger partial charge < -0.3 is 9.47 Å². The highest BCUT2D eigenvalue weighted by Crippen LogP contribution is 2.17. The molecule has 0 saturated heterocycles. The summed E-state index contributed by atoms with van der Waals surface area (Å²) in [6.07, 6.45) is 1.68. The molecule has 1 aromatic rings. The Balaban J connectivity index is 2.26. The number of ether oxygens (including phenoxy) is 2. The molecule has 0 bridgehead atoms. The van der Waals surface area contributed by atoms with Gasteiger partial charge in [-0.2, -0.15) is 0 Å². The Morgan fingerprint density at radius 1 is 1.31 bits per heavy atom. The van der Waals surface area contributed by atoms with Gasteiger partial charge in [-0.1, -0.05) is 12.1 Å². The summed E-state index contributed by atoms with van der Waals surface area (Å²) in [6.45, 7) is 1.65. The van der Waals surface area contributed by atoms with Gasteiger partial charge in [0.1, 0.15) is 5.75 Å². The van der Waals surface area contributed by atoms with Crippen molar-refractivity contribution in [3.63, 3.8) is 0 Å². The minimum absolute atomic E-state index is 0.322. The molecule has 0 unspecified atom stereocenters. The maximum atomic E-state index is 11.3. The number of methoxy groups -OCH3 is 1. The summed E-state index contributed by atoms with van der Waals surface area (Å²) in [4.78, 5) is 15.3. The summed E-state index contributed by atoms with van der Waals surface area (Å²) in [5, 5.41) is 0. The molecule has 4 heteroatoms. The average molecular weight is 217 g/mol. The second-order valence-electron chi connectivity index (χ2n) is 3.32.